The second-order valence-corrected chi connectivity index (χ2v) is 3.93. The summed E-state index contributed by atoms with van der Waals surface area (Å²) in [6.07, 6.45) is 0.0300. The van der Waals surface area contributed by atoms with Crippen molar-refractivity contribution in [3.63, 3.8) is 0 Å². The minimum atomic E-state index is -0.421. The number of halogens is 2. The summed E-state index contributed by atoms with van der Waals surface area (Å²) < 4.78 is 19.1. The van der Waals surface area contributed by atoms with Gasteiger partial charge >= 0.3 is 0 Å². The molecular weight excluding hydrogens is 251 g/mol. The van der Waals surface area contributed by atoms with E-state index in [0.29, 0.717) is 10.2 Å². The van der Waals surface area contributed by atoms with E-state index in [2.05, 4.69) is 21.4 Å². The van der Waals surface area contributed by atoms with E-state index in [9.17, 15) is 4.39 Å². The third kappa shape index (κ3) is 2.59. The molecular formula is C9H12BrFN2O. The van der Waals surface area contributed by atoms with Crippen LogP contribution in [0.15, 0.2) is 16.6 Å². The van der Waals surface area contributed by atoms with Crippen molar-refractivity contribution in [3.8, 4) is 5.75 Å². The summed E-state index contributed by atoms with van der Waals surface area (Å²) in [6.45, 7) is 3.79. The van der Waals surface area contributed by atoms with Crippen molar-refractivity contribution in [1.82, 2.24) is 0 Å². The van der Waals surface area contributed by atoms with E-state index in [4.69, 9.17) is 10.6 Å². The zero-order valence-corrected chi connectivity index (χ0v) is 9.56. The predicted octanol–water partition coefficient (Wildman–Crippen LogP) is 2.66. The Labute approximate surface area is 90.5 Å². The monoisotopic (exact) mass is 262 g/mol. The van der Waals surface area contributed by atoms with E-state index in [0.717, 1.165) is 0 Å². The lowest BCUT2D eigenvalue weighted by molar-refractivity contribution is 0.240. The van der Waals surface area contributed by atoms with Gasteiger partial charge in [0.2, 0.25) is 0 Å². The molecule has 0 aromatic heterocycles. The average molecular weight is 263 g/mol. The molecule has 0 aliphatic heterocycles. The Bertz CT molecular complexity index is 331. The number of ether oxygens (including phenoxy) is 1. The highest BCUT2D eigenvalue weighted by atomic mass is 79.9. The van der Waals surface area contributed by atoms with E-state index in [-0.39, 0.29) is 11.8 Å². The first kappa shape index (κ1) is 11.3. The van der Waals surface area contributed by atoms with Crippen LogP contribution in [-0.4, -0.2) is 6.10 Å². The second kappa shape index (κ2) is 4.61. The first-order chi connectivity index (χ1) is 6.54. The van der Waals surface area contributed by atoms with E-state index < -0.39 is 5.82 Å². The summed E-state index contributed by atoms with van der Waals surface area (Å²) >= 11 is 3.21. The smallest absolute Gasteiger partial charge is 0.149 e. The van der Waals surface area contributed by atoms with Gasteiger partial charge in [-0.3, -0.25) is 5.84 Å². The van der Waals surface area contributed by atoms with Crippen molar-refractivity contribution in [1.29, 1.82) is 0 Å². The van der Waals surface area contributed by atoms with Crippen LogP contribution in [0.3, 0.4) is 0 Å². The molecule has 0 unspecified atom stereocenters. The number of rotatable bonds is 3. The zero-order valence-electron chi connectivity index (χ0n) is 7.97. The summed E-state index contributed by atoms with van der Waals surface area (Å²) in [5, 5.41) is 0. The van der Waals surface area contributed by atoms with Crippen molar-refractivity contribution >= 4 is 21.6 Å². The summed E-state index contributed by atoms with van der Waals surface area (Å²) in [4.78, 5) is 0. The molecule has 0 aliphatic rings. The fraction of sp³-hybridized carbons (Fsp3) is 0.333. The summed E-state index contributed by atoms with van der Waals surface area (Å²) in [5.74, 6) is 5.28. The molecule has 0 bridgehead atoms. The molecule has 1 aromatic carbocycles. The topological polar surface area (TPSA) is 47.3 Å². The third-order valence-corrected chi connectivity index (χ3v) is 2.16. The van der Waals surface area contributed by atoms with Gasteiger partial charge in [0, 0.05) is 6.07 Å². The van der Waals surface area contributed by atoms with E-state index in [1.54, 1.807) is 0 Å². The van der Waals surface area contributed by atoms with E-state index in [1.165, 1.54) is 12.1 Å². The van der Waals surface area contributed by atoms with Gasteiger partial charge in [-0.25, -0.2) is 4.39 Å². The third-order valence-electron chi connectivity index (χ3n) is 1.54. The molecule has 0 fully saturated rings. The highest BCUT2D eigenvalue weighted by Gasteiger charge is 2.09. The van der Waals surface area contributed by atoms with Gasteiger partial charge in [0.1, 0.15) is 11.6 Å². The Hall–Kier alpha value is -0.810. The lowest BCUT2D eigenvalue weighted by Crippen LogP contribution is -2.10. The number of hydrogen-bond donors (Lipinski definition) is 2. The van der Waals surface area contributed by atoms with Gasteiger partial charge in [-0.1, -0.05) is 0 Å². The minimum absolute atomic E-state index is 0.0300. The van der Waals surface area contributed by atoms with Crippen molar-refractivity contribution in [2.75, 3.05) is 5.43 Å². The van der Waals surface area contributed by atoms with Crippen LogP contribution in [-0.2, 0) is 0 Å². The first-order valence-corrected chi connectivity index (χ1v) is 4.96. The standard InChI is InChI=1S/C9H12BrFN2O/c1-5(2)14-9-4-8(13-12)7(11)3-6(9)10/h3-5,13H,12H2,1-2H3. The molecule has 3 N–H and O–H groups in total. The van der Waals surface area contributed by atoms with Crippen LogP contribution in [0.5, 0.6) is 5.75 Å². The maximum Gasteiger partial charge on any atom is 0.149 e. The molecule has 14 heavy (non-hydrogen) atoms. The quantitative estimate of drug-likeness (QED) is 0.651. The zero-order chi connectivity index (χ0) is 10.7. The fourth-order valence-corrected chi connectivity index (χ4v) is 1.39. The van der Waals surface area contributed by atoms with Gasteiger partial charge in [-0.05, 0) is 35.8 Å². The largest absolute Gasteiger partial charge is 0.490 e. The number of nitrogens with one attached hydrogen (secondary N) is 1. The van der Waals surface area contributed by atoms with Crippen LogP contribution in [0.4, 0.5) is 10.1 Å². The Morgan fingerprint density at radius 2 is 2.14 bits per heavy atom. The van der Waals surface area contributed by atoms with Gasteiger partial charge < -0.3 is 10.2 Å². The number of benzene rings is 1. The molecule has 1 rings (SSSR count). The highest BCUT2D eigenvalue weighted by molar-refractivity contribution is 9.10. The molecule has 1 aromatic rings. The molecule has 0 saturated carbocycles. The van der Waals surface area contributed by atoms with Crippen LogP contribution in [0.1, 0.15) is 13.8 Å². The minimum Gasteiger partial charge on any atom is -0.490 e. The maximum absolute atomic E-state index is 13.1. The maximum atomic E-state index is 13.1. The lowest BCUT2D eigenvalue weighted by Gasteiger charge is -2.13. The predicted molar refractivity (Wildman–Crippen MR) is 57.7 cm³/mol. The Kier molecular flexibility index (Phi) is 3.71. The Morgan fingerprint density at radius 3 is 2.64 bits per heavy atom. The highest BCUT2D eigenvalue weighted by Crippen LogP contribution is 2.31. The second-order valence-electron chi connectivity index (χ2n) is 3.07. The number of hydrogen-bond acceptors (Lipinski definition) is 3. The molecule has 0 atom stereocenters. The van der Waals surface area contributed by atoms with Gasteiger partial charge in [0.15, 0.2) is 0 Å². The molecule has 0 amide bonds. The molecule has 78 valence electrons. The van der Waals surface area contributed by atoms with Crippen molar-refractivity contribution in [3.05, 3.63) is 22.4 Å². The summed E-state index contributed by atoms with van der Waals surface area (Å²) in [5.41, 5.74) is 2.47. The molecule has 0 aliphatic carbocycles. The Morgan fingerprint density at radius 1 is 1.50 bits per heavy atom. The number of hydrazine groups is 1. The van der Waals surface area contributed by atoms with Crippen LogP contribution in [0.25, 0.3) is 0 Å². The molecule has 3 nitrogen and oxygen atoms in total. The molecule has 0 saturated heterocycles. The van der Waals surface area contributed by atoms with Gasteiger partial charge in [-0.15, -0.1) is 0 Å². The fourth-order valence-electron chi connectivity index (χ4n) is 0.984. The van der Waals surface area contributed by atoms with Gasteiger partial charge in [0.05, 0.1) is 16.3 Å². The van der Waals surface area contributed by atoms with Crippen LogP contribution < -0.4 is 16.0 Å². The normalized spacial score (nSPS) is 10.4. The summed E-state index contributed by atoms with van der Waals surface area (Å²) in [7, 11) is 0. The van der Waals surface area contributed by atoms with Crippen molar-refractivity contribution in [2.24, 2.45) is 5.84 Å². The first-order valence-electron chi connectivity index (χ1n) is 4.17. The lowest BCUT2D eigenvalue weighted by atomic mass is 10.3. The molecule has 0 radical (unpaired) electrons. The average Bonchev–Trinajstić information content (AvgIpc) is 2.09. The SMILES string of the molecule is CC(C)Oc1cc(NN)c(F)cc1Br. The summed E-state index contributed by atoms with van der Waals surface area (Å²) in [6, 6.07) is 2.83. The van der Waals surface area contributed by atoms with Crippen LogP contribution in [0.2, 0.25) is 0 Å². The molecule has 0 spiro atoms. The van der Waals surface area contributed by atoms with Crippen molar-refractivity contribution < 1.29 is 9.13 Å². The van der Waals surface area contributed by atoms with Crippen LogP contribution in [0, 0.1) is 5.82 Å². The van der Waals surface area contributed by atoms with Crippen molar-refractivity contribution in [2.45, 2.75) is 20.0 Å². The van der Waals surface area contributed by atoms with Gasteiger partial charge in [-0.2, -0.15) is 0 Å². The Balaban J connectivity index is 3.04. The molecule has 0 heterocycles. The van der Waals surface area contributed by atoms with E-state index in [1.807, 2.05) is 13.8 Å². The number of nitrogen functional groups attached to an aromatic ring is 1. The van der Waals surface area contributed by atoms with Crippen LogP contribution >= 0.6 is 15.9 Å². The number of anilines is 1. The number of nitrogens with two attached hydrogens (primary N) is 1. The molecule has 5 heteroatoms. The van der Waals surface area contributed by atoms with Gasteiger partial charge in [0.25, 0.3) is 0 Å². The van der Waals surface area contributed by atoms with E-state index >= 15 is 0 Å².